The largest absolute Gasteiger partial charge is 0.360 e. The minimum absolute atomic E-state index is 0.0248. The standard InChI is InChI=1S/C21H23BrCl2N2O/c1-21(2,3)20(27)25-10-11-26(18-9-8-16(23)12-17(18)24)19(13-25)14-4-6-15(22)7-5-14/h4-9,12,19H,10-11,13H2,1-3H3/t19-/m0/s1. The first kappa shape index (κ1) is 20.5. The molecule has 6 heteroatoms. The first-order chi connectivity index (χ1) is 12.7. The predicted octanol–water partition coefficient (Wildman–Crippen LogP) is 6.19. The van der Waals surface area contributed by atoms with Gasteiger partial charge in [-0.3, -0.25) is 4.79 Å². The van der Waals surface area contributed by atoms with Crippen LogP contribution in [0.1, 0.15) is 32.4 Å². The maximum absolute atomic E-state index is 12.9. The highest BCUT2D eigenvalue weighted by Gasteiger charge is 2.35. The van der Waals surface area contributed by atoms with Gasteiger partial charge < -0.3 is 9.80 Å². The normalized spacial score (nSPS) is 17.9. The number of amides is 1. The minimum Gasteiger partial charge on any atom is -0.360 e. The topological polar surface area (TPSA) is 23.6 Å². The van der Waals surface area contributed by atoms with Crippen LogP contribution in [-0.2, 0) is 4.79 Å². The molecule has 2 aromatic rings. The molecule has 1 aliphatic rings. The van der Waals surface area contributed by atoms with Crippen LogP contribution in [0.3, 0.4) is 0 Å². The van der Waals surface area contributed by atoms with Crippen molar-refractivity contribution in [3.63, 3.8) is 0 Å². The third kappa shape index (κ3) is 4.61. The van der Waals surface area contributed by atoms with E-state index in [-0.39, 0.29) is 11.9 Å². The van der Waals surface area contributed by atoms with Gasteiger partial charge in [-0.2, -0.15) is 0 Å². The molecule has 3 nitrogen and oxygen atoms in total. The summed E-state index contributed by atoms with van der Waals surface area (Å²) in [6.07, 6.45) is 0. The van der Waals surface area contributed by atoms with Crippen molar-refractivity contribution in [3.8, 4) is 0 Å². The molecule has 0 N–H and O–H groups in total. The Kier molecular flexibility index (Phi) is 6.09. The molecule has 0 aromatic heterocycles. The highest BCUT2D eigenvalue weighted by molar-refractivity contribution is 9.10. The Labute approximate surface area is 179 Å². The van der Waals surface area contributed by atoms with Crippen LogP contribution in [0.2, 0.25) is 10.0 Å². The second-order valence-corrected chi connectivity index (χ2v) is 9.62. The third-order valence-corrected chi connectivity index (χ3v) is 5.85. The van der Waals surface area contributed by atoms with Crippen LogP contribution in [0.5, 0.6) is 0 Å². The number of carbonyl (C=O) groups is 1. The molecule has 1 amide bonds. The predicted molar refractivity (Wildman–Crippen MR) is 117 cm³/mol. The van der Waals surface area contributed by atoms with Crippen LogP contribution in [0.15, 0.2) is 46.9 Å². The van der Waals surface area contributed by atoms with Gasteiger partial charge in [-0.25, -0.2) is 0 Å². The number of hydrogen-bond acceptors (Lipinski definition) is 2. The number of carbonyl (C=O) groups excluding carboxylic acids is 1. The van der Waals surface area contributed by atoms with Gasteiger partial charge in [-0.1, -0.05) is 72.0 Å². The summed E-state index contributed by atoms with van der Waals surface area (Å²) in [5.74, 6) is 0.173. The van der Waals surface area contributed by atoms with Crippen molar-refractivity contribution >= 4 is 50.7 Å². The molecule has 0 unspecified atom stereocenters. The molecule has 1 heterocycles. The zero-order chi connectivity index (χ0) is 19.8. The molecule has 1 aliphatic heterocycles. The van der Waals surface area contributed by atoms with Crippen molar-refractivity contribution in [2.45, 2.75) is 26.8 Å². The molecule has 3 rings (SSSR count). The van der Waals surface area contributed by atoms with Crippen LogP contribution in [0, 0.1) is 5.41 Å². The summed E-state index contributed by atoms with van der Waals surface area (Å²) in [6.45, 7) is 7.90. The summed E-state index contributed by atoms with van der Waals surface area (Å²) in [5, 5.41) is 1.24. The Morgan fingerprint density at radius 3 is 2.33 bits per heavy atom. The van der Waals surface area contributed by atoms with E-state index >= 15 is 0 Å². The number of piperazine rings is 1. The van der Waals surface area contributed by atoms with Crippen molar-refractivity contribution in [1.82, 2.24) is 4.90 Å². The summed E-state index contributed by atoms with van der Waals surface area (Å²) in [7, 11) is 0. The van der Waals surface area contributed by atoms with Gasteiger partial charge in [0.25, 0.3) is 0 Å². The highest BCUT2D eigenvalue weighted by atomic mass is 79.9. The lowest BCUT2D eigenvalue weighted by atomic mass is 9.93. The average Bonchev–Trinajstić information content (AvgIpc) is 2.61. The molecule has 0 bridgehead atoms. The fourth-order valence-electron chi connectivity index (χ4n) is 3.41. The molecular formula is C21H23BrCl2N2O. The number of halogens is 3. The second-order valence-electron chi connectivity index (χ2n) is 7.86. The Bertz CT molecular complexity index is 833. The lowest BCUT2D eigenvalue weighted by Crippen LogP contribution is -2.53. The maximum Gasteiger partial charge on any atom is 0.228 e. The fourth-order valence-corrected chi connectivity index (χ4v) is 4.20. The van der Waals surface area contributed by atoms with Crippen LogP contribution in [0.25, 0.3) is 0 Å². The lowest BCUT2D eigenvalue weighted by Gasteiger charge is -2.45. The van der Waals surface area contributed by atoms with Crippen molar-refractivity contribution in [2.75, 3.05) is 24.5 Å². The highest BCUT2D eigenvalue weighted by Crippen LogP contribution is 2.37. The van der Waals surface area contributed by atoms with E-state index in [0.717, 1.165) is 15.7 Å². The SMILES string of the molecule is CC(C)(C)C(=O)N1CCN(c2ccc(Cl)cc2Cl)[C@H](c2ccc(Br)cc2)C1. The van der Waals surface area contributed by atoms with Gasteiger partial charge in [-0.05, 0) is 35.9 Å². The Morgan fingerprint density at radius 1 is 1.07 bits per heavy atom. The van der Waals surface area contributed by atoms with Crippen molar-refractivity contribution in [2.24, 2.45) is 5.41 Å². The first-order valence-electron chi connectivity index (χ1n) is 8.93. The van der Waals surface area contributed by atoms with Gasteiger partial charge in [0.05, 0.1) is 16.8 Å². The van der Waals surface area contributed by atoms with Crippen LogP contribution in [-0.4, -0.2) is 30.4 Å². The third-order valence-electron chi connectivity index (χ3n) is 4.78. The summed E-state index contributed by atoms with van der Waals surface area (Å²) >= 11 is 16.1. The fraction of sp³-hybridized carbons (Fsp3) is 0.381. The average molecular weight is 470 g/mol. The van der Waals surface area contributed by atoms with E-state index in [9.17, 15) is 4.79 Å². The van der Waals surface area contributed by atoms with Gasteiger partial charge in [0.15, 0.2) is 0 Å². The van der Waals surface area contributed by atoms with Crippen molar-refractivity contribution in [1.29, 1.82) is 0 Å². The smallest absolute Gasteiger partial charge is 0.228 e. The summed E-state index contributed by atoms with van der Waals surface area (Å²) in [5.41, 5.74) is 1.69. The van der Waals surface area contributed by atoms with Gasteiger partial charge in [0.2, 0.25) is 5.91 Å². The molecule has 144 valence electrons. The van der Waals surface area contributed by atoms with Gasteiger partial charge in [-0.15, -0.1) is 0 Å². The van der Waals surface area contributed by atoms with Crippen molar-refractivity contribution in [3.05, 3.63) is 62.5 Å². The Balaban J connectivity index is 1.97. The van der Waals surface area contributed by atoms with E-state index < -0.39 is 5.41 Å². The van der Waals surface area contributed by atoms with Crippen LogP contribution in [0.4, 0.5) is 5.69 Å². The monoisotopic (exact) mass is 468 g/mol. The van der Waals surface area contributed by atoms with E-state index in [0.29, 0.717) is 29.7 Å². The second kappa shape index (κ2) is 8.02. The Hall–Kier alpha value is -1.23. The molecule has 0 spiro atoms. The van der Waals surface area contributed by atoms with Gasteiger partial charge in [0, 0.05) is 34.5 Å². The van der Waals surface area contributed by atoms with Crippen LogP contribution >= 0.6 is 39.1 Å². The van der Waals surface area contributed by atoms with Crippen LogP contribution < -0.4 is 4.90 Å². The minimum atomic E-state index is -0.398. The summed E-state index contributed by atoms with van der Waals surface area (Å²) in [6, 6.07) is 13.9. The number of rotatable bonds is 2. The molecule has 1 atom stereocenters. The molecule has 0 radical (unpaired) electrons. The molecule has 2 aromatic carbocycles. The molecule has 0 saturated carbocycles. The molecular weight excluding hydrogens is 447 g/mol. The molecule has 1 fully saturated rings. The zero-order valence-electron chi connectivity index (χ0n) is 15.7. The molecule has 27 heavy (non-hydrogen) atoms. The maximum atomic E-state index is 12.9. The number of benzene rings is 2. The van der Waals surface area contributed by atoms with Gasteiger partial charge in [0.1, 0.15) is 0 Å². The number of nitrogens with zero attached hydrogens (tertiary/aromatic N) is 2. The van der Waals surface area contributed by atoms with E-state index in [1.165, 1.54) is 0 Å². The quantitative estimate of drug-likeness (QED) is 0.523. The summed E-state index contributed by atoms with van der Waals surface area (Å²) < 4.78 is 1.03. The first-order valence-corrected chi connectivity index (χ1v) is 10.5. The molecule has 0 aliphatic carbocycles. The zero-order valence-corrected chi connectivity index (χ0v) is 18.8. The van der Waals surface area contributed by atoms with Crippen molar-refractivity contribution < 1.29 is 4.79 Å². The molecule has 1 saturated heterocycles. The van der Waals surface area contributed by atoms with E-state index in [2.05, 4.69) is 33.0 Å². The number of hydrogen-bond donors (Lipinski definition) is 0. The lowest BCUT2D eigenvalue weighted by molar-refractivity contribution is -0.140. The van der Waals surface area contributed by atoms with E-state index in [1.807, 2.05) is 49.9 Å². The Morgan fingerprint density at radius 2 is 1.74 bits per heavy atom. The van der Waals surface area contributed by atoms with Gasteiger partial charge >= 0.3 is 0 Å². The number of anilines is 1. The van der Waals surface area contributed by atoms with E-state index in [1.54, 1.807) is 6.07 Å². The van der Waals surface area contributed by atoms with E-state index in [4.69, 9.17) is 23.2 Å². The summed E-state index contributed by atoms with van der Waals surface area (Å²) in [4.78, 5) is 17.1.